The van der Waals surface area contributed by atoms with Crippen molar-refractivity contribution in [3.8, 4) is 11.8 Å². The van der Waals surface area contributed by atoms with Crippen LogP contribution in [0.2, 0.25) is 0 Å². The van der Waals surface area contributed by atoms with Crippen LogP contribution in [-0.4, -0.2) is 42.4 Å². The molecular formula is C13H22N2O4. The molecule has 6 heteroatoms. The van der Waals surface area contributed by atoms with Gasteiger partial charge in [0, 0.05) is 13.0 Å². The molecule has 0 aliphatic rings. The largest absolute Gasteiger partial charge is 0.444 e. The molecule has 0 unspecified atom stereocenters. The van der Waals surface area contributed by atoms with Gasteiger partial charge in [-0.3, -0.25) is 4.79 Å². The molecule has 0 fully saturated rings. The smallest absolute Gasteiger partial charge is 0.407 e. The number of rotatable bonds is 5. The summed E-state index contributed by atoms with van der Waals surface area (Å²) in [5, 5.41) is 13.5. The molecule has 0 radical (unpaired) electrons. The Hall–Kier alpha value is -1.74. The zero-order valence-corrected chi connectivity index (χ0v) is 11.7. The summed E-state index contributed by atoms with van der Waals surface area (Å²) in [4.78, 5) is 22.6. The standard InChI is InChI=1S/C13H22N2O4/c1-13(2,3)19-12(18)15-9-6-7-11(17)14-8-4-5-10-16/h16H,6-10H2,1-3H3,(H,14,17)(H,15,18). The van der Waals surface area contributed by atoms with Gasteiger partial charge in [0.2, 0.25) is 5.91 Å². The molecular weight excluding hydrogens is 248 g/mol. The molecule has 0 saturated carbocycles. The third kappa shape index (κ3) is 12.5. The van der Waals surface area contributed by atoms with Gasteiger partial charge in [0.15, 0.2) is 0 Å². The van der Waals surface area contributed by atoms with E-state index >= 15 is 0 Å². The minimum absolute atomic E-state index is 0.141. The molecule has 108 valence electrons. The van der Waals surface area contributed by atoms with E-state index in [0.29, 0.717) is 19.4 Å². The van der Waals surface area contributed by atoms with Crippen LogP contribution < -0.4 is 10.6 Å². The van der Waals surface area contributed by atoms with E-state index < -0.39 is 11.7 Å². The van der Waals surface area contributed by atoms with Gasteiger partial charge in [-0.25, -0.2) is 4.79 Å². The van der Waals surface area contributed by atoms with Gasteiger partial charge >= 0.3 is 6.09 Å². The fourth-order valence-corrected chi connectivity index (χ4v) is 1.10. The van der Waals surface area contributed by atoms with E-state index in [0.717, 1.165) is 0 Å². The molecule has 0 rings (SSSR count). The van der Waals surface area contributed by atoms with E-state index in [4.69, 9.17) is 9.84 Å². The molecule has 0 atom stereocenters. The van der Waals surface area contributed by atoms with Crippen LogP contribution in [0, 0.1) is 11.8 Å². The fourth-order valence-electron chi connectivity index (χ4n) is 1.10. The van der Waals surface area contributed by atoms with Gasteiger partial charge in [-0.1, -0.05) is 11.8 Å². The van der Waals surface area contributed by atoms with Crippen molar-refractivity contribution in [3.05, 3.63) is 0 Å². The normalized spacial score (nSPS) is 10.1. The van der Waals surface area contributed by atoms with Crippen molar-refractivity contribution in [3.63, 3.8) is 0 Å². The first-order valence-electron chi connectivity index (χ1n) is 6.15. The van der Waals surface area contributed by atoms with Crippen LogP contribution in [0.25, 0.3) is 0 Å². The summed E-state index contributed by atoms with van der Waals surface area (Å²) in [6, 6.07) is 0. The molecule has 0 spiro atoms. The van der Waals surface area contributed by atoms with Crippen LogP contribution in [-0.2, 0) is 9.53 Å². The highest BCUT2D eigenvalue weighted by Crippen LogP contribution is 2.06. The van der Waals surface area contributed by atoms with Crippen LogP contribution >= 0.6 is 0 Å². The monoisotopic (exact) mass is 270 g/mol. The van der Waals surface area contributed by atoms with Crippen LogP contribution in [0.1, 0.15) is 33.6 Å². The lowest BCUT2D eigenvalue weighted by Gasteiger charge is -2.19. The Bertz CT molecular complexity index is 350. The summed E-state index contributed by atoms with van der Waals surface area (Å²) in [6.07, 6.45) is 0.344. The van der Waals surface area contributed by atoms with E-state index in [1.807, 2.05) is 0 Å². The Balaban J connectivity index is 3.58. The van der Waals surface area contributed by atoms with Gasteiger partial charge in [0.05, 0.1) is 6.54 Å². The molecule has 6 nitrogen and oxygen atoms in total. The van der Waals surface area contributed by atoms with Crippen LogP contribution in [0.3, 0.4) is 0 Å². The predicted octanol–water partition coefficient (Wildman–Crippen LogP) is 0.403. The Labute approximate surface area is 113 Å². The predicted molar refractivity (Wildman–Crippen MR) is 71.3 cm³/mol. The number of alkyl carbamates (subject to hydrolysis) is 1. The summed E-state index contributed by atoms with van der Waals surface area (Å²) in [6.45, 7) is 5.74. The van der Waals surface area contributed by atoms with Gasteiger partial charge in [-0.15, -0.1) is 0 Å². The topological polar surface area (TPSA) is 87.7 Å². The minimum atomic E-state index is -0.521. The number of aliphatic hydroxyl groups is 1. The second-order valence-corrected chi connectivity index (χ2v) is 4.82. The zero-order chi connectivity index (χ0) is 14.7. The summed E-state index contributed by atoms with van der Waals surface area (Å²) in [5.41, 5.74) is -0.521. The van der Waals surface area contributed by atoms with Crippen LogP contribution in [0.5, 0.6) is 0 Å². The molecule has 0 heterocycles. The third-order valence-electron chi connectivity index (χ3n) is 1.83. The molecule has 2 amide bonds. The lowest BCUT2D eigenvalue weighted by molar-refractivity contribution is -0.120. The summed E-state index contributed by atoms with van der Waals surface area (Å²) in [7, 11) is 0. The number of nitrogens with one attached hydrogen (secondary N) is 2. The first-order valence-corrected chi connectivity index (χ1v) is 6.15. The van der Waals surface area contributed by atoms with Crippen molar-refractivity contribution < 1.29 is 19.4 Å². The van der Waals surface area contributed by atoms with E-state index in [9.17, 15) is 9.59 Å². The van der Waals surface area contributed by atoms with Gasteiger partial charge in [0.1, 0.15) is 12.2 Å². The van der Waals surface area contributed by atoms with Crippen molar-refractivity contribution in [1.29, 1.82) is 0 Å². The molecule has 0 aromatic rings. The van der Waals surface area contributed by atoms with Gasteiger partial charge in [-0.05, 0) is 27.2 Å². The quantitative estimate of drug-likeness (QED) is 0.498. The van der Waals surface area contributed by atoms with E-state index in [2.05, 4.69) is 22.5 Å². The van der Waals surface area contributed by atoms with Crippen LogP contribution in [0.15, 0.2) is 0 Å². The molecule has 3 N–H and O–H groups in total. The van der Waals surface area contributed by atoms with E-state index in [1.54, 1.807) is 20.8 Å². The number of aliphatic hydroxyl groups excluding tert-OH is 1. The number of ether oxygens (including phenoxy) is 1. The van der Waals surface area contributed by atoms with Crippen LogP contribution in [0.4, 0.5) is 4.79 Å². The second kappa shape index (κ2) is 9.22. The SMILES string of the molecule is CC(C)(C)OC(=O)NCCCC(=O)NCC#CCO. The first kappa shape index (κ1) is 17.3. The number of hydrogen-bond donors (Lipinski definition) is 3. The maximum Gasteiger partial charge on any atom is 0.407 e. The van der Waals surface area contributed by atoms with Crippen molar-refractivity contribution in [1.82, 2.24) is 10.6 Å². The van der Waals surface area contributed by atoms with Crippen molar-refractivity contribution >= 4 is 12.0 Å². The Kier molecular flexibility index (Phi) is 8.38. The zero-order valence-electron chi connectivity index (χ0n) is 11.7. The third-order valence-corrected chi connectivity index (χ3v) is 1.83. The van der Waals surface area contributed by atoms with Crippen molar-refractivity contribution in [2.45, 2.75) is 39.2 Å². The fraction of sp³-hybridized carbons (Fsp3) is 0.692. The van der Waals surface area contributed by atoms with Crippen molar-refractivity contribution in [2.24, 2.45) is 0 Å². The Morgan fingerprint density at radius 3 is 2.47 bits per heavy atom. The molecule has 0 bridgehead atoms. The summed E-state index contributed by atoms with van der Waals surface area (Å²) >= 11 is 0. The maximum atomic E-state index is 11.3. The first-order chi connectivity index (χ1) is 8.85. The highest BCUT2D eigenvalue weighted by atomic mass is 16.6. The Morgan fingerprint density at radius 2 is 1.89 bits per heavy atom. The van der Waals surface area contributed by atoms with E-state index in [-0.39, 0.29) is 19.1 Å². The molecule has 0 aromatic carbocycles. The van der Waals surface area contributed by atoms with Crippen molar-refractivity contribution in [2.75, 3.05) is 19.7 Å². The minimum Gasteiger partial charge on any atom is -0.444 e. The number of carbonyl (C=O) groups is 2. The van der Waals surface area contributed by atoms with Gasteiger partial charge in [0.25, 0.3) is 0 Å². The highest BCUT2D eigenvalue weighted by Gasteiger charge is 2.15. The Morgan fingerprint density at radius 1 is 1.21 bits per heavy atom. The number of hydrogen-bond acceptors (Lipinski definition) is 4. The summed E-state index contributed by atoms with van der Waals surface area (Å²) < 4.78 is 5.04. The molecule has 0 aliphatic carbocycles. The molecule has 0 saturated heterocycles. The van der Waals surface area contributed by atoms with Gasteiger partial charge in [-0.2, -0.15) is 0 Å². The number of carbonyl (C=O) groups excluding carboxylic acids is 2. The molecule has 0 aromatic heterocycles. The lowest BCUT2D eigenvalue weighted by Crippen LogP contribution is -2.33. The highest BCUT2D eigenvalue weighted by molar-refractivity contribution is 5.76. The average Bonchev–Trinajstić information content (AvgIpc) is 2.28. The maximum absolute atomic E-state index is 11.3. The number of amides is 2. The second-order valence-electron chi connectivity index (χ2n) is 4.82. The van der Waals surface area contributed by atoms with Gasteiger partial charge < -0.3 is 20.5 Å². The lowest BCUT2D eigenvalue weighted by atomic mass is 10.2. The van der Waals surface area contributed by atoms with E-state index in [1.165, 1.54) is 0 Å². The molecule has 0 aliphatic heterocycles. The summed E-state index contributed by atoms with van der Waals surface area (Å²) in [5.74, 6) is 4.86. The average molecular weight is 270 g/mol. The molecule has 19 heavy (non-hydrogen) atoms.